The summed E-state index contributed by atoms with van der Waals surface area (Å²) in [5.74, 6) is -1.59. The highest BCUT2D eigenvalue weighted by Crippen LogP contribution is 2.50. The van der Waals surface area contributed by atoms with E-state index >= 15 is 0 Å². The van der Waals surface area contributed by atoms with Crippen molar-refractivity contribution in [2.24, 2.45) is 16.6 Å². The van der Waals surface area contributed by atoms with E-state index in [1.165, 1.54) is 16.8 Å². The van der Waals surface area contributed by atoms with Gasteiger partial charge in [0.05, 0.1) is 6.04 Å². The van der Waals surface area contributed by atoms with Gasteiger partial charge in [-0.05, 0) is 50.1 Å². The quantitative estimate of drug-likeness (QED) is 0.775. The minimum atomic E-state index is -0.931. The minimum absolute atomic E-state index is 0.0121. The van der Waals surface area contributed by atoms with Crippen molar-refractivity contribution < 1.29 is 13.6 Å². The zero-order chi connectivity index (χ0) is 20.3. The van der Waals surface area contributed by atoms with Crippen molar-refractivity contribution in [3.8, 4) is 0 Å². The molecule has 0 saturated carbocycles. The van der Waals surface area contributed by atoms with Crippen LogP contribution >= 0.6 is 11.8 Å². The number of benzene rings is 2. The summed E-state index contributed by atoms with van der Waals surface area (Å²) in [6.07, 6.45) is 1.10. The summed E-state index contributed by atoms with van der Waals surface area (Å²) in [4.78, 5) is 12.0. The Morgan fingerprint density at radius 1 is 1.25 bits per heavy atom. The van der Waals surface area contributed by atoms with E-state index in [0.29, 0.717) is 19.4 Å². The second-order valence-electron chi connectivity index (χ2n) is 6.61. The fourth-order valence-corrected chi connectivity index (χ4v) is 4.53. The van der Waals surface area contributed by atoms with Crippen molar-refractivity contribution in [2.45, 2.75) is 30.7 Å². The van der Waals surface area contributed by atoms with E-state index < -0.39 is 28.5 Å². The van der Waals surface area contributed by atoms with Crippen molar-refractivity contribution in [3.05, 3.63) is 71.3 Å². The zero-order valence-electron chi connectivity index (χ0n) is 15.4. The van der Waals surface area contributed by atoms with Gasteiger partial charge in [0, 0.05) is 5.56 Å². The molecule has 8 heteroatoms. The number of nitrogens with two attached hydrogens (primary N) is 2. The van der Waals surface area contributed by atoms with Gasteiger partial charge in [0.1, 0.15) is 21.5 Å². The number of nitrogens with zero attached hydrogens (tertiary/aromatic N) is 2. The molecule has 0 bridgehead atoms. The molecule has 2 aromatic rings. The Balaban J connectivity index is 2.15. The molecule has 28 heavy (non-hydrogen) atoms. The van der Waals surface area contributed by atoms with Crippen LogP contribution in [0.25, 0.3) is 0 Å². The van der Waals surface area contributed by atoms with Crippen molar-refractivity contribution in [1.82, 2.24) is 5.01 Å². The SMILES string of the molecule is CC(N)C(=O)N1N=C(c2cc(F)ccc2F)SC1(CCCN)c1ccccc1. The number of carbonyl (C=O) groups excluding carboxylic acids is 1. The molecule has 0 radical (unpaired) electrons. The number of halogens is 2. The number of hydrazone groups is 1. The van der Waals surface area contributed by atoms with E-state index in [4.69, 9.17) is 11.5 Å². The molecule has 1 heterocycles. The van der Waals surface area contributed by atoms with Gasteiger partial charge in [-0.1, -0.05) is 42.1 Å². The third-order valence-corrected chi connectivity index (χ3v) is 5.95. The average Bonchev–Trinajstić information content (AvgIpc) is 3.08. The smallest absolute Gasteiger partial charge is 0.260 e. The van der Waals surface area contributed by atoms with Gasteiger partial charge < -0.3 is 11.5 Å². The lowest BCUT2D eigenvalue weighted by Gasteiger charge is -2.36. The molecular weight excluding hydrogens is 382 g/mol. The summed E-state index contributed by atoms with van der Waals surface area (Å²) in [6.45, 7) is 1.99. The maximum Gasteiger partial charge on any atom is 0.260 e. The van der Waals surface area contributed by atoms with Crippen LogP contribution in [-0.4, -0.2) is 28.5 Å². The monoisotopic (exact) mass is 404 g/mol. The lowest BCUT2D eigenvalue weighted by atomic mass is 9.99. The van der Waals surface area contributed by atoms with Gasteiger partial charge in [-0.3, -0.25) is 4.79 Å². The molecule has 2 atom stereocenters. The third kappa shape index (κ3) is 3.80. The Hall–Kier alpha value is -2.29. The van der Waals surface area contributed by atoms with E-state index in [0.717, 1.165) is 23.8 Å². The summed E-state index contributed by atoms with van der Waals surface area (Å²) in [5.41, 5.74) is 12.4. The van der Waals surface area contributed by atoms with Crippen LogP contribution in [0.15, 0.2) is 53.6 Å². The van der Waals surface area contributed by atoms with E-state index in [1.54, 1.807) is 6.92 Å². The van der Waals surface area contributed by atoms with Crippen molar-refractivity contribution in [3.63, 3.8) is 0 Å². The molecule has 0 fully saturated rings. The standard InChI is InChI=1S/C20H22F2N4OS/c1-13(24)19(27)26-20(10-5-11-23,14-6-3-2-4-7-14)28-18(25-26)16-12-15(21)8-9-17(16)22/h2-4,6-9,12-13H,5,10-11,23-24H2,1H3. The zero-order valence-corrected chi connectivity index (χ0v) is 16.3. The first-order valence-corrected chi connectivity index (χ1v) is 9.79. The molecule has 0 spiro atoms. The highest BCUT2D eigenvalue weighted by atomic mass is 32.2. The van der Waals surface area contributed by atoms with E-state index in [2.05, 4.69) is 5.10 Å². The Labute approximate surface area is 166 Å². The molecule has 3 rings (SSSR count). The second kappa shape index (κ2) is 8.38. The van der Waals surface area contributed by atoms with Crippen molar-refractivity contribution >= 4 is 22.7 Å². The molecule has 2 aromatic carbocycles. The highest BCUT2D eigenvalue weighted by molar-refractivity contribution is 8.15. The molecule has 1 aliphatic rings. The van der Waals surface area contributed by atoms with Gasteiger partial charge in [0.25, 0.3) is 5.91 Å². The summed E-state index contributed by atoms with van der Waals surface area (Å²) >= 11 is 1.22. The molecule has 1 amide bonds. The summed E-state index contributed by atoms with van der Waals surface area (Å²) < 4.78 is 28.2. The van der Waals surface area contributed by atoms with Gasteiger partial charge in [-0.25, -0.2) is 13.8 Å². The highest BCUT2D eigenvalue weighted by Gasteiger charge is 2.49. The van der Waals surface area contributed by atoms with E-state index in [1.807, 2.05) is 30.3 Å². The van der Waals surface area contributed by atoms with Gasteiger partial charge in [0.2, 0.25) is 0 Å². The van der Waals surface area contributed by atoms with Gasteiger partial charge in [-0.2, -0.15) is 5.10 Å². The summed E-state index contributed by atoms with van der Waals surface area (Å²) in [7, 11) is 0. The van der Waals surface area contributed by atoms with Crippen LogP contribution in [0.1, 0.15) is 30.9 Å². The molecule has 4 N–H and O–H groups in total. The Kier molecular flexibility index (Phi) is 6.12. The topological polar surface area (TPSA) is 84.7 Å². The lowest BCUT2D eigenvalue weighted by Crippen LogP contribution is -2.47. The summed E-state index contributed by atoms with van der Waals surface area (Å²) in [6, 6.07) is 11.7. The van der Waals surface area contributed by atoms with Gasteiger partial charge in [-0.15, -0.1) is 0 Å². The largest absolute Gasteiger partial charge is 0.330 e. The van der Waals surface area contributed by atoms with E-state index in [9.17, 15) is 13.6 Å². The number of rotatable bonds is 6. The molecule has 0 aliphatic carbocycles. The fourth-order valence-electron chi connectivity index (χ4n) is 3.11. The van der Waals surface area contributed by atoms with Crippen LogP contribution < -0.4 is 11.5 Å². The van der Waals surface area contributed by atoms with Crippen LogP contribution in [0.2, 0.25) is 0 Å². The molecule has 148 valence electrons. The molecule has 0 aromatic heterocycles. The van der Waals surface area contributed by atoms with Crippen molar-refractivity contribution in [2.75, 3.05) is 6.54 Å². The van der Waals surface area contributed by atoms with E-state index in [-0.39, 0.29) is 10.6 Å². The maximum atomic E-state index is 14.4. The normalized spacial score (nSPS) is 20.2. The Morgan fingerprint density at radius 2 is 1.96 bits per heavy atom. The first-order valence-electron chi connectivity index (χ1n) is 8.97. The number of amides is 1. The second-order valence-corrected chi connectivity index (χ2v) is 7.88. The fraction of sp³-hybridized carbons (Fsp3) is 0.300. The predicted molar refractivity (Wildman–Crippen MR) is 107 cm³/mol. The van der Waals surface area contributed by atoms with Crippen LogP contribution in [-0.2, 0) is 9.67 Å². The van der Waals surface area contributed by atoms with Crippen LogP contribution in [0.5, 0.6) is 0 Å². The molecule has 0 saturated heterocycles. The number of hydrogen-bond acceptors (Lipinski definition) is 5. The van der Waals surface area contributed by atoms with Gasteiger partial charge >= 0.3 is 0 Å². The number of thioether (sulfide) groups is 1. The molecular formula is C20H22F2N4OS. The van der Waals surface area contributed by atoms with Crippen molar-refractivity contribution in [1.29, 1.82) is 0 Å². The van der Waals surface area contributed by atoms with Crippen LogP contribution in [0.3, 0.4) is 0 Å². The Bertz CT molecular complexity index is 891. The third-order valence-electron chi connectivity index (χ3n) is 4.50. The number of carbonyl (C=O) groups is 1. The molecule has 1 aliphatic heterocycles. The number of hydrogen-bond donors (Lipinski definition) is 2. The maximum absolute atomic E-state index is 14.4. The predicted octanol–water partition coefficient (Wildman–Crippen LogP) is 3.14. The van der Waals surface area contributed by atoms with Gasteiger partial charge in [0.15, 0.2) is 0 Å². The molecule has 2 unspecified atom stereocenters. The first kappa shape index (κ1) is 20.4. The molecule has 5 nitrogen and oxygen atoms in total. The summed E-state index contributed by atoms with van der Waals surface area (Å²) in [5, 5.41) is 5.94. The first-order chi connectivity index (χ1) is 13.4. The van der Waals surface area contributed by atoms with Crippen LogP contribution in [0.4, 0.5) is 8.78 Å². The van der Waals surface area contributed by atoms with Crippen LogP contribution in [0, 0.1) is 11.6 Å². The average molecular weight is 404 g/mol. The lowest BCUT2D eigenvalue weighted by molar-refractivity contribution is -0.135. The minimum Gasteiger partial charge on any atom is -0.330 e. The Morgan fingerprint density at radius 3 is 2.61 bits per heavy atom.